The van der Waals surface area contributed by atoms with E-state index in [1.807, 2.05) is 0 Å². The van der Waals surface area contributed by atoms with Crippen molar-refractivity contribution in [1.29, 1.82) is 0 Å². The van der Waals surface area contributed by atoms with Crippen LogP contribution in [0.15, 0.2) is 45.9 Å². The lowest BCUT2D eigenvalue weighted by atomic mass is 10.2. The molecular weight excluding hydrogens is 361 g/mol. The number of halogens is 2. The molecule has 7 heteroatoms. The number of furan rings is 1. The molecule has 0 bridgehead atoms. The second kappa shape index (κ2) is 6.46. The van der Waals surface area contributed by atoms with Crippen molar-refractivity contribution in [3.05, 3.63) is 62.9 Å². The number of hydrogen-bond acceptors (Lipinski definition) is 4. The fourth-order valence-corrected chi connectivity index (χ4v) is 3.66. The molecule has 3 rings (SSSR count). The number of thioether (sulfide) groups is 1. The number of carbonyl (C=O) groups excluding carboxylic acids is 1. The Hall–Kier alpha value is -1.27. The van der Waals surface area contributed by atoms with E-state index < -0.39 is 0 Å². The molecule has 0 aliphatic carbocycles. The van der Waals surface area contributed by atoms with Crippen LogP contribution in [0.3, 0.4) is 0 Å². The van der Waals surface area contributed by atoms with E-state index in [-0.39, 0.29) is 5.91 Å². The smallest absolute Gasteiger partial charge is 0.266 e. The average molecular weight is 370 g/mol. The lowest BCUT2D eigenvalue weighted by Crippen LogP contribution is -2.27. The first-order valence-electron chi connectivity index (χ1n) is 6.27. The Balaban J connectivity index is 1.85. The minimum Gasteiger partial charge on any atom is -0.467 e. The highest BCUT2D eigenvalue weighted by Crippen LogP contribution is 2.35. The summed E-state index contributed by atoms with van der Waals surface area (Å²) in [7, 11) is 0. The molecule has 0 N–H and O–H groups in total. The van der Waals surface area contributed by atoms with E-state index in [4.69, 9.17) is 39.8 Å². The second-order valence-corrected chi connectivity index (χ2v) is 7.03. The van der Waals surface area contributed by atoms with Gasteiger partial charge in [-0.25, -0.2) is 0 Å². The van der Waals surface area contributed by atoms with Gasteiger partial charge in [0.1, 0.15) is 10.1 Å². The van der Waals surface area contributed by atoms with Gasteiger partial charge in [-0.3, -0.25) is 9.69 Å². The van der Waals surface area contributed by atoms with Gasteiger partial charge in [-0.05, 0) is 35.9 Å². The Labute approximate surface area is 146 Å². The summed E-state index contributed by atoms with van der Waals surface area (Å²) in [4.78, 5) is 14.5. The van der Waals surface area contributed by atoms with Crippen LogP contribution >= 0.6 is 47.2 Å². The van der Waals surface area contributed by atoms with Gasteiger partial charge in [0.05, 0.1) is 17.7 Å². The molecule has 2 heterocycles. The predicted molar refractivity (Wildman–Crippen MR) is 93.9 cm³/mol. The first kappa shape index (κ1) is 15.6. The van der Waals surface area contributed by atoms with Crippen molar-refractivity contribution in [3.63, 3.8) is 0 Å². The number of thiocarbonyl (C=S) groups is 1. The van der Waals surface area contributed by atoms with Crippen LogP contribution in [-0.2, 0) is 11.3 Å². The Kier molecular flexibility index (Phi) is 4.59. The minimum atomic E-state index is -0.155. The molecule has 112 valence electrons. The first-order chi connectivity index (χ1) is 10.5. The van der Waals surface area contributed by atoms with Crippen molar-refractivity contribution in [1.82, 2.24) is 4.90 Å². The molecule has 0 spiro atoms. The zero-order valence-corrected chi connectivity index (χ0v) is 14.2. The topological polar surface area (TPSA) is 33.5 Å². The molecule has 2 aromatic rings. The van der Waals surface area contributed by atoms with Crippen molar-refractivity contribution >= 4 is 63.5 Å². The summed E-state index contributed by atoms with van der Waals surface area (Å²) in [6.45, 7) is 0.323. The number of benzene rings is 1. The molecule has 1 aromatic heterocycles. The molecule has 1 aliphatic heterocycles. The van der Waals surface area contributed by atoms with E-state index >= 15 is 0 Å². The third-order valence-corrected chi connectivity index (χ3v) is 4.96. The lowest BCUT2D eigenvalue weighted by Gasteiger charge is -2.12. The van der Waals surface area contributed by atoms with Crippen LogP contribution in [0.1, 0.15) is 11.3 Å². The number of amides is 1. The molecule has 0 unspecified atom stereocenters. The van der Waals surface area contributed by atoms with E-state index in [0.29, 0.717) is 31.6 Å². The van der Waals surface area contributed by atoms with Crippen molar-refractivity contribution < 1.29 is 9.21 Å². The molecular formula is C15H9Cl2NO2S2. The fourth-order valence-electron chi connectivity index (χ4n) is 1.95. The summed E-state index contributed by atoms with van der Waals surface area (Å²) in [5.74, 6) is 0.527. The molecule has 22 heavy (non-hydrogen) atoms. The van der Waals surface area contributed by atoms with Gasteiger partial charge >= 0.3 is 0 Å². The maximum atomic E-state index is 12.5. The van der Waals surface area contributed by atoms with Gasteiger partial charge in [-0.2, -0.15) is 0 Å². The number of nitrogens with zero attached hydrogens (tertiary/aromatic N) is 1. The van der Waals surface area contributed by atoms with Gasteiger partial charge in [-0.15, -0.1) is 0 Å². The maximum Gasteiger partial charge on any atom is 0.266 e. The Morgan fingerprint density at radius 1 is 1.32 bits per heavy atom. The summed E-state index contributed by atoms with van der Waals surface area (Å²) in [6, 6.07) is 8.71. The quantitative estimate of drug-likeness (QED) is 0.563. The molecule has 1 saturated heterocycles. The van der Waals surface area contributed by atoms with Crippen molar-refractivity contribution in [2.75, 3.05) is 0 Å². The zero-order valence-electron chi connectivity index (χ0n) is 11.1. The van der Waals surface area contributed by atoms with E-state index in [2.05, 4.69) is 0 Å². The number of carbonyl (C=O) groups is 1. The zero-order chi connectivity index (χ0) is 15.7. The second-order valence-electron chi connectivity index (χ2n) is 4.51. The Bertz CT molecular complexity index is 772. The molecule has 1 aromatic carbocycles. The van der Waals surface area contributed by atoms with Crippen LogP contribution < -0.4 is 0 Å². The molecule has 3 nitrogen and oxygen atoms in total. The van der Waals surface area contributed by atoms with Crippen LogP contribution in [0.2, 0.25) is 10.0 Å². The molecule has 1 fully saturated rings. The third-order valence-electron chi connectivity index (χ3n) is 3.02. The van der Waals surface area contributed by atoms with Gasteiger partial charge in [0.15, 0.2) is 0 Å². The summed E-state index contributed by atoms with van der Waals surface area (Å²) in [6.07, 6.45) is 3.29. The van der Waals surface area contributed by atoms with Gasteiger partial charge < -0.3 is 4.42 Å². The first-order valence-corrected chi connectivity index (χ1v) is 8.25. The van der Waals surface area contributed by atoms with Crippen LogP contribution in [0.25, 0.3) is 6.08 Å². The SMILES string of the molecule is O=C1/C(=C/c2ccc(Cl)cc2Cl)SC(=S)N1Cc1ccco1. The molecule has 0 saturated carbocycles. The summed E-state index contributed by atoms with van der Waals surface area (Å²) < 4.78 is 5.76. The van der Waals surface area contributed by atoms with Gasteiger partial charge in [0.25, 0.3) is 5.91 Å². The third kappa shape index (κ3) is 3.22. The number of hydrogen-bond donors (Lipinski definition) is 0. The largest absolute Gasteiger partial charge is 0.467 e. The van der Waals surface area contributed by atoms with Gasteiger partial charge in [0, 0.05) is 10.0 Å². The van der Waals surface area contributed by atoms with E-state index in [0.717, 1.165) is 5.56 Å². The predicted octanol–water partition coefficient (Wildman–Crippen LogP) is 4.99. The van der Waals surface area contributed by atoms with Crippen LogP contribution in [0.4, 0.5) is 0 Å². The molecule has 1 aliphatic rings. The fraction of sp³-hybridized carbons (Fsp3) is 0.0667. The lowest BCUT2D eigenvalue weighted by molar-refractivity contribution is -0.122. The van der Waals surface area contributed by atoms with Crippen LogP contribution in [0.5, 0.6) is 0 Å². The maximum absolute atomic E-state index is 12.5. The van der Waals surface area contributed by atoms with Crippen molar-refractivity contribution in [3.8, 4) is 0 Å². The normalized spacial score (nSPS) is 16.8. The van der Waals surface area contributed by atoms with E-state index in [1.54, 1.807) is 42.7 Å². The molecule has 1 amide bonds. The molecule has 0 atom stereocenters. The van der Waals surface area contributed by atoms with Gasteiger partial charge in [0.2, 0.25) is 0 Å². The summed E-state index contributed by atoms with van der Waals surface area (Å²) in [5, 5.41) is 1.04. The highest BCUT2D eigenvalue weighted by atomic mass is 35.5. The Morgan fingerprint density at radius 2 is 2.14 bits per heavy atom. The highest BCUT2D eigenvalue weighted by Gasteiger charge is 2.32. The average Bonchev–Trinajstić information content (AvgIpc) is 3.06. The van der Waals surface area contributed by atoms with Crippen molar-refractivity contribution in [2.24, 2.45) is 0 Å². The molecule has 0 radical (unpaired) electrons. The van der Waals surface area contributed by atoms with E-state index in [9.17, 15) is 4.79 Å². The highest BCUT2D eigenvalue weighted by molar-refractivity contribution is 8.26. The van der Waals surface area contributed by atoms with Crippen LogP contribution in [0, 0.1) is 0 Å². The number of rotatable bonds is 3. The van der Waals surface area contributed by atoms with Crippen molar-refractivity contribution in [2.45, 2.75) is 6.54 Å². The summed E-state index contributed by atoms with van der Waals surface area (Å²) in [5.41, 5.74) is 0.726. The minimum absolute atomic E-state index is 0.155. The van der Waals surface area contributed by atoms with Gasteiger partial charge in [-0.1, -0.05) is 53.2 Å². The monoisotopic (exact) mass is 369 g/mol. The summed E-state index contributed by atoms with van der Waals surface area (Å²) >= 11 is 18.5. The Morgan fingerprint density at radius 3 is 2.82 bits per heavy atom. The standard InChI is InChI=1S/C15H9Cl2NO2S2/c16-10-4-3-9(12(17)7-10)6-13-14(19)18(15(21)22-13)8-11-2-1-5-20-11/h1-7H,8H2/b13-6-. The van der Waals surface area contributed by atoms with E-state index in [1.165, 1.54) is 16.7 Å². The van der Waals surface area contributed by atoms with Crippen LogP contribution in [-0.4, -0.2) is 15.1 Å².